The molecule has 2 aromatic heterocycles. The predicted molar refractivity (Wildman–Crippen MR) is 134 cm³/mol. The summed E-state index contributed by atoms with van der Waals surface area (Å²) in [5.74, 6) is 1.32. The zero-order valence-electron chi connectivity index (χ0n) is 16.7. The fourth-order valence-corrected chi connectivity index (χ4v) is 3.70. The van der Waals surface area contributed by atoms with Crippen LogP contribution in [0.1, 0.15) is 0 Å². The molecule has 6 heteroatoms. The van der Waals surface area contributed by atoms with E-state index in [0.29, 0.717) is 11.8 Å². The average Bonchev–Trinajstić information content (AvgIpc) is 3.45. The molecule has 4 nitrogen and oxygen atoms in total. The maximum absolute atomic E-state index is 5.67. The summed E-state index contributed by atoms with van der Waals surface area (Å²) in [5.41, 5.74) is 5.39. The molecule has 32 heavy (non-hydrogen) atoms. The van der Waals surface area contributed by atoms with Crippen LogP contribution >= 0.6 is 31.9 Å². The second kappa shape index (κ2) is 9.10. The van der Waals surface area contributed by atoms with Crippen LogP contribution in [-0.2, 0) is 0 Å². The van der Waals surface area contributed by atoms with Crippen LogP contribution in [0.3, 0.4) is 0 Å². The van der Waals surface area contributed by atoms with Crippen LogP contribution in [-0.4, -0.2) is 9.97 Å². The lowest BCUT2D eigenvalue weighted by Gasteiger charge is -1.94. The van der Waals surface area contributed by atoms with E-state index in [4.69, 9.17) is 8.83 Å². The van der Waals surface area contributed by atoms with Crippen molar-refractivity contribution < 1.29 is 8.83 Å². The number of rotatable bonds is 2. The van der Waals surface area contributed by atoms with Gasteiger partial charge in [-0.1, -0.05) is 56.1 Å². The summed E-state index contributed by atoms with van der Waals surface area (Å²) in [5, 5.41) is 0. The molecule has 0 spiro atoms. The smallest absolute Gasteiger partial charge is 0.227 e. The van der Waals surface area contributed by atoms with Gasteiger partial charge < -0.3 is 8.83 Å². The number of nitrogens with zero attached hydrogens (tertiary/aromatic N) is 2. The summed E-state index contributed by atoms with van der Waals surface area (Å²) >= 11 is 6.80. The molecule has 0 radical (unpaired) electrons. The normalized spacial score (nSPS) is 10.8. The molecule has 0 unspecified atom stereocenters. The summed E-state index contributed by atoms with van der Waals surface area (Å²) in [7, 11) is 0. The molecule has 0 saturated heterocycles. The van der Waals surface area contributed by atoms with E-state index in [1.165, 1.54) is 0 Å². The zero-order valence-corrected chi connectivity index (χ0v) is 19.9. The minimum atomic E-state index is 0.661. The third-order valence-electron chi connectivity index (χ3n) is 4.77. The van der Waals surface area contributed by atoms with Crippen molar-refractivity contribution in [2.45, 2.75) is 0 Å². The highest BCUT2D eigenvalue weighted by atomic mass is 79.9. The Labute approximate surface area is 201 Å². The van der Waals surface area contributed by atoms with Crippen molar-refractivity contribution in [2.24, 2.45) is 0 Å². The van der Waals surface area contributed by atoms with Gasteiger partial charge >= 0.3 is 0 Å². The first-order chi connectivity index (χ1) is 15.7. The molecule has 6 rings (SSSR count). The molecule has 4 aromatic carbocycles. The molecule has 0 amide bonds. The van der Waals surface area contributed by atoms with Gasteiger partial charge in [0.05, 0.1) is 0 Å². The van der Waals surface area contributed by atoms with Gasteiger partial charge in [0.2, 0.25) is 11.8 Å². The summed E-state index contributed by atoms with van der Waals surface area (Å²) < 4.78 is 13.4. The molecular formula is C26H16Br2N2O2. The first-order valence-corrected chi connectivity index (χ1v) is 11.5. The SMILES string of the molecule is Brc1ccc(-c2nc3ccccc3o2)cc1.Brc1ccc(-c2nc3ccccc3o2)cc1. The monoisotopic (exact) mass is 546 g/mol. The molecule has 0 atom stereocenters. The highest BCUT2D eigenvalue weighted by Gasteiger charge is 2.07. The Balaban J connectivity index is 0.000000135. The van der Waals surface area contributed by atoms with E-state index in [9.17, 15) is 0 Å². The van der Waals surface area contributed by atoms with E-state index < -0.39 is 0 Å². The van der Waals surface area contributed by atoms with E-state index in [2.05, 4.69) is 41.8 Å². The standard InChI is InChI=1S/2C13H8BrNO/c2*14-10-7-5-9(6-8-10)13-15-11-3-1-2-4-12(11)16-13/h2*1-8H. The van der Waals surface area contributed by atoms with Crippen molar-refractivity contribution in [1.82, 2.24) is 9.97 Å². The molecule has 0 fully saturated rings. The Morgan fingerprint density at radius 3 is 1.22 bits per heavy atom. The van der Waals surface area contributed by atoms with Crippen LogP contribution in [0.15, 0.2) is 115 Å². The molecule has 0 bridgehead atoms. The van der Waals surface area contributed by atoms with Gasteiger partial charge in [0.1, 0.15) is 11.0 Å². The minimum absolute atomic E-state index is 0.661. The van der Waals surface area contributed by atoms with Crippen LogP contribution in [0.25, 0.3) is 45.1 Å². The summed E-state index contributed by atoms with van der Waals surface area (Å²) in [6.07, 6.45) is 0. The third kappa shape index (κ3) is 4.52. The second-order valence-electron chi connectivity index (χ2n) is 6.99. The molecule has 2 heterocycles. The van der Waals surface area contributed by atoms with Gasteiger partial charge in [-0.15, -0.1) is 0 Å². The Morgan fingerprint density at radius 1 is 0.469 bits per heavy atom. The first kappa shape index (κ1) is 20.7. The summed E-state index contributed by atoms with van der Waals surface area (Å²) in [6.45, 7) is 0. The number of hydrogen-bond donors (Lipinski definition) is 0. The predicted octanol–water partition coefficient (Wildman–Crippen LogP) is 8.51. The number of para-hydroxylation sites is 4. The largest absolute Gasteiger partial charge is 0.436 e. The lowest BCUT2D eigenvalue weighted by atomic mass is 10.2. The lowest BCUT2D eigenvalue weighted by Crippen LogP contribution is -1.75. The van der Waals surface area contributed by atoms with E-state index in [0.717, 1.165) is 42.3 Å². The van der Waals surface area contributed by atoms with Gasteiger partial charge in [0.25, 0.3) is 0 Å². The fraction of sp³-hybridized carbons (Fsp3) is 0. The van der Waals surface area contributed by atoms with Crippen LogP contribution in [0, 0.1) is 0 Å². The first-order valence-electron chi connectivity index (χ1n) is 9.89. The Hall–Kier alpha value is -3.22. The molecule has 6 aromatic rings. The minimum Gasteiger partial charge on any atom is -0.436 e. The number of hydrogen-bond acceptors (Lipinski definition) is 4. The van der Waals surface area contributed by atoms with E-state index in [-0.39, 0.29) is 0 Å². The molecule has 0 N–H and O–H groups in total. The average molecular weight is 548 g/mol. The molecule has 0 aliphatic rings. The molecule has 0 aliphatic heterocycles. The highest BCUT2D eigenvalue weighted by molar-refractivity contribution is 9.10. The molecular weight excluding hydrogens is 532 g/mol. The maximum Gasteiger partial charge on any atom is 0.227 e. The number of fused-ring (bicyclic) bond motifs is 2. The topological polar surface area (TPSA) is 52.1 Å². The van der Waals surface area contributed by atoms with Crippen molar-refractivity contribution in [3.63, 3.8) is 0 Å². The quantitative estimate of drug-likeness (QED) is 0.218. The Bertz CT molecular complexity index is 1300. The molecule has 0 aliphatic carbocycles. The Morgan fingerprint density at radius 2 is 0.844 bits per heavy atom. The third-order valence-corrected chi connectivity index (χ3v) is 5.83. The van der Waals surface area contributed by atoms with Crippen LogP contribution < -0.4 is 0 Å². The van der Waals surface area contributed by atoms with Crippen LogP contribution in [0.5, 0.6) is 0 Å². The van der Waals surface area contributed by atoms with Crippen molar-refractivity contribution in [1.29, 1.82) is 0 Å². The fourth-order valence-electron chi connectivity index (χ4n) is 3.18. The van der Waals surface area contributed by atoms with Crippen molar-refractivity contribution >= 4 is 54.1 Å². The van der Waals surface area contributed by atoms with Gasteiger partial charge in [-0.3, -0.25) is 0 Å². The van der Waals surface area contributed by atoms with Crippen molar-refractivity contribution in [3.05, 3.63) is 106 Å². The van der Waals surface area contributed by atoms with Crippen molar-refractivity contribution in [3.8, 4) is 22.9 Å². The number of halogens is 2. The van der Waals surface area contributed by atoms with E-state index in [1.807, 2.05) is 97.1 Å². The highest BCUT2D eigenvalue weighted by Crippen LogP contribution is 2.26. The van der Waals surface area contributed by atoms with Gasteiger partial charge in [-0.2, -0.15) is 0 Å². The summed E-state index contributed by atoms with van der Waals surface area (Å²) in [4.78, 5) is 8.86. The number of aromatic nitrogens is 2. The van der Waals surface area contributed by atoms with Gasteiger partial charge in [0.15, 0.2) is 11.2 Å². The van der Waals surface area contributed by atoms with Gasteiger partial charge in [-0.05, 0) is 72.8 Å². The van der Waals surface area contributed by atoms with Gasteiger partial charge in [-0.25, -0.2) is 9.97 Å². The zero-order chi connectivity index (χ0) is 21.9. The summed E-state index contributed by atoms with van der Waals surface area (Å²) in [6, 6.07) is 31.4. The second-order valence-corrected chi connectivity index (χ2v) is 8.82. The number of benzene rings is 4. The van der Waals surface area contributed by atoms with E-state index in [1.54, 1.807) is 0 Å². The molecule has 156 valence electrons. The molecule has 0 saturated carbocycles. The van der Waals surface area contributed by atoms with Crippen LogP contribution in [0.2, 0.25) is 0 Å². The van der Waals surface area contributed by atoms with E-state index >= 15 is 0 Å². The van der Waals surface area contributed by atoms with Crippen molar-refractivity contribution in [2.75, 3.05) is 0 Å². The number of oxazole rings is 2. The lowest BCUT2D eigenvalue weighted by molar-refractivity contribution is 0.619. The van der Waals surface area contributed by atoms with Crippen LogP contribution in [0.4, 0.5) is 0 Å². The maximum atomic E-state index is 5.67. The Kier molecular flexibility index (Phi) is 5.88. The van der Waals surface area contributed by atoms with Gasteiger partial charge in [0, 0.05) is 20.1 Å².